The average molecular weight is 389 g/mol. The first-order valence-electron chi connectivity index (χ1n) is 11.6. The highest BCUT2D eigenvalue weighted by atomic mass is 16.6. The highest BCUT2D eigenvalue weighted by Crippen LogP contribution is 2.46. The van der Waals surface area contributed by atoms with Crippen LogP contribution in [0.25, 0.3) is 0 Å². The summed E-state index contributed by atoms with van der Waals surface area (Å²) in [5.41, 5.74) is 1.07. The Morgan fingerprint density at radius 2 is 1.79 bits per heavy atom. The molecule has 0 aromatic rings. The van der Waals surface area contributed by atoms with Crippen LogP contribution in [0.4, 0.5) is 0 Å². The molecule has 2 nitrogen and oxygen atoms in total. The van der Waals surface area contributed by atoms with E-state index < -0.39 is 0 Å². The molecule has 0 aromatic heterocycles. The summed E-state index contributed by atoms with van der Waals surface area (Å²) in [6.07, 6.45) is 16.6. The van der Waals surface area contributed by atoms with E-state index >= 15 is 0 Å². The Labute approximate surface area is 174 Å². The molecule has 0 aromatic carbocycles. The van der Waals surface area contributed by atoms with Gasteiger partial charge < -0.3 is 4.74 Å². The second-order valence-electron chi connectivity index (χ2n) is 11.0. The number of ether oxygens (including phenoxy) is 1. The average Bonchev–Trinajstić information content (AvgIpc) is 2.66. The molecule has 0 radical (unpaired) electrons. The minimum Gasteiger partial charge on any atom is -0.456 e. The van der Waals surface area contributed by atoms with Gasteiger partial charge in [0, 0.05) is 0 Å². The molecule has 2 aliphatic carbocycles. The molecule has 0 aliphatic heterocycles. The first-order chi connectivity index (χ1) is 13.0. The minimum atomic E-state index is -0.275. The van der Waals surface area contributed by atoms with Crippen LogP contribution in [0.2, 0.25) is 0 Å². The van der Waals surface area contributed by atoms with Crippen molar-refractivity contribution < 1.29 is 9.53 Å². The van der Waals surface area contributed by atoms with E-state index in [0.717, 1.165) is 31.3 Å². The van der Waals surface area contributed by atoms with Gasteiger partial charge in [-0.2, -0.15) is 0 Å². The summed E-state index contributed by atoms with van der Waals surface area (Å²) in [6, 6.07) is 0. The van der Waals surface area contributed by atoms with E-state index in [1.54, 1.807) is 0 Å². The third-order valence-electron chi connectivity index (χ3n) is 7.75. The van der Waals surface area contributed by atoms with E-state index in [0.29, 0.717) is 17.3 Å². The van der Waals surface area contributed by atoms with E-state index in [1.165, 1.54) is 32.1 Å². The lowest BCUT2D eigenvalue weighted by atomic mass is 9.62. The van der Waals surface area contributed by atoms with Crippen molar-refractivity contribution in [3.05, 3.63) is 23.8 Å². The minimum absolute atomic E-state index is 0.117. The predicted molar refractivity (Wildman–Crippen MR) is 119 cm³/mol. The lowest BCUT2D eigenvalue weighted by molar-refractivity contribution is -0.155. The van der Waals surface area contributed by atoms with Crippen LogP contribution in [0.15, 0.2) is 23.8 Å². The summed E-state index contributed by atoms with van der Waals surface area (Å²) < 4.78 is 6.02. The van der Waals surface area contributed by atoms with Gasteiger partial charge in [0.2, 0.25) is 0 Å². The second kappa shape index (κ2) is 9.18. The number of rotatable bonds is 8. The fourth-order valence-electron chi connectivity index (χ4n) is 4.82. The molecule has 0 saturated heterocycles. The molecule has 160 valence electrons. The van der Waals surface area contributed by atoms with E-state index in [1.807, 2.05) is 6.08 Å². The standard InChI is InChI=1S/C26H44O2/c1-8-24(3,4)19-22(25(5,6)9-2)20-14-13-15-21(18-20)23(27)28-26(7)16-11-10-12-17-26/h13,15,18,20,22H,8-12,14,16-17,19H2,1-7H3. The topological polar surface area (TPSA) is 26.3 Å². The van der Waals surface area contributed by atoms with Gasteiger partial charge in [0.05, 0.1) is 5.57 Å². The molecule has 2 heteroatoms. The van der Waals surface area contributed by atoms with Crippen molar-refractivity contribution in [3.63, 3.8) is 0 Å². The van der Waals surface area contributed by atoms with Crippen molar-refractivity contribution in [2.24, 2.45) is 22.7 Å². The first kappa shape index (κ1) is 23.2. The molecule has 2 unspecified atom stereocenters. The van der Waals surface area contributed by atoms with Gasteiger partial charge in [0.1, 0.15) is 5.60 Å². The second-order valence-corrected chi connectivity index (χ2v) is 11.0. The SMILES string of the molecule is CCC(C)(C)CC(C1C=C(C(=O)OC2(C)CCCCC2)C=CC1)C(C)(C)CC. The third-order valence-corrected chi connectivity index (χ3v) is 7.75. The molecule has 0 N–H and O–H groups in total. The van der Waals surface area contributed by atoms with Crippen molar-refractivity contribution in [1.29, 1.82) is 0 Å². The molecule has 2 rings (SSSR count). The van der Waals surface area contributed by atoms with Crippen LogP contribution < -0.4 is 0 Å². The lowest BCUT2D eigenvalue weighted by Gasteiger charge is -2.43. The maximum atomic E-state index is 13.0. The van der Waals surface area contributed by atoms with Gasteiger partial charge in [-0.05, 0) is 68.1 Å². The monoisotopic (exact) mass is 388 g/mol. The predicted octanol–water partition coefficient (Wildman–Crippen LogP) is 7.63. The molecular formula is C26H44O2. The Morgan fingerprint density at radius 1 is 1.14 bits per heavy atom. The zero-order chi connectivity index (χ0) is 21.0. The van der Waals surface area contributed by atoms with Crippen LogP contribution >= 0.6 is 0 Å². The van der Waals surface area contributed by atoms with E-state index in [-0.39, 0.29) is 17.0 Å². The maximum Gasteiger partial charge on any atom is 0.338 e. The molecular weight excluding hydrogens is 344 g/mol. The number of allylic oxidation sites excluding steroid dienone is 2. The molecule has 1 fully saturated rings. The van der Waals surface area contributed by atoms with E-state index in [4.69, 9.17) is 4.74 Å². The van der Waals surface area contributed by atoms with Gasteiger partial charge in [-0.15, -0.1) is 0 Å². The molecule has 28 heavy (non-hydrogen) atoms. The summed E-state index contributed by atoms with van der Waals surface area (Å²) in [6.45, 7) is 16.3. The van der Waals surface area contributed by atoms with Crippen LogP contribution in [0.5, 0.6) is 0 Å². The zero-order valence-corrected chi connectivity index (χ0v) is 19.6. The Bertz CT molecular complexity index is 588. The Kier molecular flexibility index (Phi) is 7.62. The Hall–Kier alpha value is -1.05. The molecule has 2 atom stereocenters. The lowest BCUT2D eigenvalue weighted by Crippen LogP contribution is -2.36. The van der Waals surface area contributed by atoms with Gasteiger partial charge in [-0.1, -0.05) is 79.0 Å². The quantitative estimate of drug-likeness (QED) is 0.399. The molecule has 0 heterocycles. The summed E-state index contributed by atoms with van der Waals surface area (Å²) in [7, 11) is 0. The number of carbonyl (C=O) groups is 1. The smallest absolute Gasteiger partial charge is 0.338 e. The molecule has 1 saturated carbocycles. The van der Waals surface area contributed by atoms with Crippen LogP contribution in [0, 0.1) is 22.7 Å². The van der Waals surface area contributed by atoms with Crippen LogP contribution in [-0.2, 0) is 9.53 Å². The number of carbonyl (C=O) groups excluding carboxylic acids is 1. The maximum absolute atomic E-state index is 13.0. The largest absolute Gasteiger partial charge is 0.456 e. The van der Waals surface area contributed by atoms with Crippen molar-refractivity contribution in [1.82, 2.24) is 0 Å². The van der Waals surface area contributed by atoms with Crippen LogP contribution in [0.3, 0.4) is 0 Å². The van der Waals surface area contributed by atoms with Gasteiger partial charge in [0.15, 0.2) is 0 Å². The van der Waals surface area contributed by atoms with E-state index in [2.05, 4.69) is 60.6 Å². The first-order valence-corrected chi connectivity index (χ1v) is 11.6. The number of hydrogen-bond donors (Lipinski definition) is 0. The van der Waals surface area contributed by atoms with Gasteiger partial charge >= 0.3 is 5.97 Å². The fourth-order valence-corrected chi connectivity index (χ4v) is 4.82. The summed E-state index contributed by atoms with van der Waals surface area (Å²) >= 11 is 0. The van der Waals surface area contributed by atoms with Gasteiger partial charge in [0.25, 0.3) is 0 Å². The summed E-state index contributed by atoms with van der Waals surface area (Å²) in [4.78, 5) is 13.0. The third kappa shape index (κ3) is 5.97. The number of esters is 1. The highest BCUT2D eigenvalue weighted by molar-refractivity contribution is 5.92. The zero-order valence-electron chi connectivity index (χ0n) is 19.6. The summed E-state index contributed by atoms with van der Waals surface area (Å²) in [5.74, 6) is 0.853. The van der Waals surface area contributed by atoms with Gasteiger partial charge in [-0.25, -0.2) is 4.79 Å². The van der Waals surface area contributed by atoms with Gasteiger partial charge in [-0.3, -0.25) is 0 Å². The van der Waals surface area contributed by atoms with Crippen LogP contribution in [-0.4, -0.2) is 11.6 Å². The Balaban J connectivity index is 2.20. The normalized spacial score (nSPS) is 23.8. The van der Waals surface area contributed by atoms with Crippen LogP contribution in [0.1, 0.15) is 106 Å². The van der Waals surface area contributed by atoms with Crippen molar-refractivity contribution in [2.75, 3.05) is 0 Å². The van der Waals surface area contributed by atoms with E-state index in [9.17, 15) is 4.79 Å². The molecule has 0 bridgehead atoms. The molecule has 2 aliphatic rings. The number of hydrogen-bond acceptors (Lipinski definition) is 2. The van der Waals surface area contributed by atoms with Crippen molar-refractivity contribution >= 4 is 5.97 Å². The summed E-state index contributed by atoms with van der Waals surface area (Å²) in [5, 5.41) is 0. The Morgan fingerprint density at radius 3 is 2.36 bits per heavy atom. The van der Waals surface area contributed by atoms with Crippen molar-refractivity contribution in [3.8, 4) is 0 Å². The molecule has 0 amide bonds. The van der Waals surface area contributed by atoms with Crippen molar-refractivity contribution in [2.45, 2.75) is 112 Å². The fraction of sp³-hybridized carbons (Fsp3) is 0.808. The molecule has 0 spiro atoms. The highest BCUT2D eigenvalue weighted by Gasteiger charge is 2.38.